The molecule has 0 aliphatic carbocycles. The van der Waals surface area contributed by atoms with Crippen LogP contribution in [0.5, 0.6) is 0 Å². The zero-order valence-electron chi connectivity index (χ0n) is 34.2. The van der Waals surface area contributed by atoms with Crippen LogP contribution in [0.15, 0.2) is 174 Å². The highest BCUT2D eigenvalue weighted by atomic mass is 16.3. The highest BCUT2D eigenvalue weighted by molar-refractivity contribution is 6.17. The molecule has 3 heterocycles. The third-order valence-corrected chi connectivity index (χ3v) is 8.91. The number of aromatic nitrogens is 4. The first kappa shape index (κ1) is 21.2. The van der Waals surface area contributed by atoms with Crippen LogP contribution in [0.4, 0.5) is 0 Å². The lowest BCUT2D eigenvalue weighted by atomic mass is 10.0. The molecule has 0 saturated heterocycles. The molecule has 10 aromatic rings. The van der Waals surface area contributed by atoms with Crippen LogP contribution in [0.25, 0.3) is 94.7 Å². The van der Waals surface area contributed by atoms with Gasteiger partial charge in [0.25, 0.3) is 0 Å². The first-order valence-corrected chi connectivity index (χ1v) is 16.1. The first-order chi connectivity index (χ1) is 28.1. The summed E-state index contributed by atoms with van der Waals surface area (Å²) in [6.45, 7) is 0. The van der Waals surface area contributed by atoms with Gasteiger partial charge >= 0.3 is 0 Å². The molecule has 0 spiro atoms. The maximum Gasteiger partial charge on any atom is 0.164 e. The summed E-state index contributed by atoms with van der Waals surface area (Å²) >= 11 is 0. The first-order valence-electron chi connectivity index (χ1n) is 20.1. The van der Waals surface area contributed by atoms with E-state index in [1.807, 2.05) is 115 Å². The van der Waals surface area contributed by atoms with Crippen LogP contribution in [0.2, 0.25) is 0 Å². The van der Waals surface area contributed by atoms with E-state index in [-0.39, 0.29) is 33.9 Å². The van der Waals surface area contributed by atoms with Crippen molar-refractivity contribution >= 4 is 43.7 Å². The lowest BCUT2D eigenvalue weighted by Gasteiger charge is -2.12. The van der Waals surface area contributed by atoms with Crippen LogP contribution >= 0.6 is 0 Å². The fourth-order valence-electron chi connectivity index (χ4n) is 6.63. The van der Waals surface area contributed by atoms with Crippen LogP contribution in [0.3, 0.4) is 0 Å². The Morgan fingerprint density at radius 1 is 0.480 bits per heavy atom. The molecular weight excluding hydrogens is 613 g/mol. The van der Waals surface area contributed by atoms with Crippen molar-refractivity contribution in [1.82, 2.24) is 19.5 Å². The van der Waals surface area contributed by atoms with E-state index in [1.165, 1.54) is 4.57 Å². The van der Waals surface area contributed by atoms with Crippen molar-refractivity contribution in [3.63, 3.8) is 0 Å². The number of para-hydroxylation sites is 2. The second-order valence-corrected chi connectivity index (χ2v) is 11.8. The third kappa shape index (κ3) is 4.52. The average Bonchev–Trinajstić information content (AvgIpc) is 3.84. The van der Waals surface area contributed by atoms with Crippen molar-refractivity contribution in [3.8, 4) is 51.0 Å². The van der Waals surface area contributed by atoms with Gasteiger partial charge in [-0.2, -0.15) is 0 Å². The molecule has 5 heteroatoms. The second-order valence-electron chi connectivity index (χ2n) is 11.8. The number of hydrogen-bond acceptors (Lipinski definition) is 4. The summed E-state index contributed by atoms with van der Waals surface area (Å²) in [6.07, 6.45) is 0. The molecule has 7 aromatic carbocycles. The van der Waals surface area contributed by atoms with Crippen molar-refractivity contribution in [2.45, 2.75) is 0 Å². The van der Waals surface area contributed by atoms with Crippen LogP contribution in [0, 0.1) is 0 Å². The van der Waals surface area contributed by atoms with Gasteiger partial charge in [0, 0.05) is 38.4 Å². The van der Waals surface area contributed by atoms with Crippen molar-refractivity contribution in [1.29, 1.82) is 0 Å². The normalized spacial score (nSPS) is 13.8. The van der Waals surface area contributed by atoms with E-state index < -0.39 is 36.3 Å². The number of hydrogen-bond donors (Lipinski definition) is 0. The maximum absolute atomic E-state index is 9.12. The Morgan fingerprint density at radius 2 is 1.00 bits per heavy atom. The Bertz CT molecular complexity index is 3180. The largest absolute Gasteiger partial charge is 0.455 e. The fraction of sp³-hybridized carbons (Fsp3) is 0. The van der Waals surface area contributed by atoms with Crippen LogP contribution in [0.1, 0.15) is 11.0 Å². The Labute approximate surface area is 299 Å². The molecular formula is C45H28N4O. The van der Waals surface area contributed by atoms with E-state index in [0.29, 0.717) is 50.7 Å². The number of fused-ring (bicyclic) bond motifs is 6. The minimum absolute atomic E-state index is 0.00153. The third-order valence-electron chi connectivity index (χ3n) is 8.91. The van der Waals surface area contributed by atoms with Gasteiger partial charge in [-0.15, -0.1) is 0 Å². The van der Waals surface area contributed by atoms with Gasteiger partial charge in [0.05, 0.1) is 33.1 Å². The van der Waals surface area contributed by atoms with Gasteiger partial charge in [-0.3, -0.25) is 0 Å². The molecule has 0 saturated carbocycles. The summed E-state index contributed by atoms with van der Waals surface area (Å²) < 4.78 is 78.7. The van der Waals surface area contributed by atoms with E-state index in [1.54, 1.807) is 6.07 Å². The van der Waals surface area contributed by atoms with Gasteiger partial charge in [-0.1, -0.05) is 133 Å². The van der Waals surface area contributed by atoms with E-state index >= 15 is 0 Å². The van der Waals surface area contributed by atoms with Gasteiger partial charge in [-0.25, -0.2) is 15.0 Å². The lowest BCUT2D eigenvalue weighted by Crippen LogP contribution is -2.00. The smallest absolute Gasteiger partial charge is 0.164 e. The molecule has 0 aliphatic heterocycles. The van der Waals surface area contributed by atoms with E-state index in [0.717, 1.165) is 22.3 Å². The fourth-order valence-corrected chi connectivity index (χ4v) is 6.63. The Morgan fingerprint density at radius 3 is 1.58 bits per heavy atom. The molecule has 0 N–H and O–H groups in total. The average molecular weight is 649 g/mol. The van der Waals surface area contributed by atoms with Gasteiger partial charge in [0.2, 0.25) is 0 Å². The number of benzene rings is 7. The topological polar surface area (TPSA) is 56.7 Å². The zero-order chi connectivity index (χ0) is 40.0. The monoisotopic (exact) mass is 648 g/mol. The molecule has 50 heavy (non-hydrogen) atoms. The molecule has 0 atom stereocenters. The Hall–Kier alpha value is -6.85. The molecule has 234 valence electrons. The maximum atomic E-state index is 9.12. The molecule has 0 amide bonds. The highest BCUT2D eigenvalue weighted by Crippen LogP contribution is 2.43. The van der Waals surface area contributed by atoms with E-state index in [9.17, 15) is 0 Å². The Kier molecular flexibility index (Phi) is 4.83. The molecule has 5 nitrogen and oxygen atoms in total. The van der Waals surface area contributed by atoms with Gasteiger partial charge in [0.1, 0.15) is 11.2 Å². The molecule has 0 bridgehead atoms. The van der Waals surface area contributed by atoms with E-state index in [2.05, 4.69) is 0 Å². The molecule has 10 rings (SSSR count). The molecule has 0 unspecified atom stereocenters. The summed E-state index contributed by atoms with van der Waals surface area (Å²) in [5, 5.41) is 1.24. The van der Waals surface area contributed by atoms with Crippen LogP contribution < -0.4 is 0 Å². The van der Waals surface area contributed by atoms with Crippen LogP contribution in [-0.2, 0) is 0 Å². The van der Waals surface area contributed by atoms with Gasteiger partial charge < -0.3 is 8.98 Å². The minimum Gasteiger partial charge on any atom is -0.455 e. The quantitative estimate of drug-likeness (QED) is 0.186. The second kappa shape index (κ2) is 11.4. The highest BCUT2D eigenvalue weighted by Gasteiger charge is 2.21. The molecule has 0 fully saturated rings. The summed E-state index contributed by atoms with van der Waals surface area (Å²) in [6, 6.07) is 34.8. The summed E-state index contributed by atoms with van der Waals surface area (Å²) in [5.41, 5.74) is 5.34. The lowest BCUT2D eigenvalue weighted by molar-refractivity contribution is 0.670. The predicted molar refractivity (Wildman–Crippen MR) is 203 cm³/mol. The summed E-state index contributed by atoms with van der Waals surface area (Å²) in [4.78, 5) is 14.6. The predicted octanol–water partition coefficient (Wildman–Crippen LogP) is 11.5. The van der Waals surface area contributed by atoms with Crippen molar-refractivity contribution in [2.24, 2.45) is 0 Å². The summed E-state index contributed by atoms with van der Waals surface area (Å²) in [5.74, 6) is 1.43. The molecule has 0 radical (unpaired) electrons. The van der Waals surface area contributed by atoms with Crippen molar-refractivity contribution in [2.75, 3.05) is 0 Å². The van der Waals surface area contributed by atoms with Crippen molar-refractivity contribution in [3.05, 3.63) is 170 Å². The SMILES string of the molecule is [2H]c1c([2H])c([2H])c2c(c1[2H])c1c([2H])c([2H])c([2H])c([2H])c1n2-c1ccc(-c2ccccc2)c2oc3cc(-c4nc(-c5ccccc5)nc(-c5ccccc5)n4)ccc3c12. The minimum atomic E-state index is -0.501. The number of nitrogens with zero attached hydrogens (tertiary/aromatic N) is 4. The standard InChI is InChI=1S/C45H28N4O/c1-4-14-29(15-5-1)33-26-27-39(49-37-22-12-10-20-34(37)35-21-11-13-23-38(35)49)41-36-25-24-32(28-40(36)50-42(33)41)45-47-43(30-16-6-2-7-17-30)46-44(48-45)31-18-8-3-9-19-31/h1-28H/i10D,11D,12D,13D,20D,21D,22D,23D. The molecule has 0 aliphatic rings. The van der Waals surface area contributed by atoms with Crippen molar-refractivity contribution < 1.29 is 15.4 Å². The Balaban J connectivity index is 1.30. The molecule has 3 aromatic heterocycles. The van der Waals surface area contributed by atoms with Gasteiger partial charge in [0.15, 0.2) is 17.5 Å². The zero-order valence-corrected chi connectivity index (χ0v) is 26.2. The van der Waals surface area contributed by atoms with Gasteiger partial charge in [-0.05, 0) is 41.9 Å². The summed E-state index contributed by atoms with van der Waals surface area (Å²) in [7, 11) is 0. The van der Waals surface area contributed by atoms with E-state index in [4.69, 9.17) is 30.3 Å². The van der Waals surface area contributed by atoms with Crippen LogP contribution in [-0.4, -0.2) is 19.5 Å². The number of rotatable bonds is 5. The number of furan rings is 1.